The summed E-state index contributed by atoms with van der Waals surface area (Å²) in [6, 6.07) is 9.59. The van der Waals surface area contributed by atoms with Crippen LogP contribution in [-0.2, 0) is 11.3 Å². The molecule has 0 saturated heterocycles. The Labute approximate surface area is 168 Å². The Bertz CT molecular complexity index is 1090. The van der Waals surface area contributed by atoms with E-state index >= 15 is 0 Å². The number of carbonyl (C=O) groups excluding carboxylic acids is 1. The number of ether oxygens (including phenoxy) is 4. The number of hydrogen-bond acceptors (Lipinski definition) is 7. The molecule has 0 amide bonds. The molecular formula is C20H17BrO7. The number of benzene rings is 2. The second kappa shape index (κ2) is 8.35. The molecule has 3 aromatic rings. The molecule has 146 valence electrons. The lowest BCUT2D eigenvalue weighted by Crippen LogP contribution is -2.10. The summed E-state index contributed by atoms with van der Waals surface area (Å²) in [5, 5.41) is 0.676. The van der Waals surface area contributed by atoms with Crippen LogP contribution >= 0.6 is 15.9 Å². The zero-order chi connectivity index (χ0) is 20.3. The van der Waals surface area contributed by atoms with Crippen LogP contribution in [0.15, 0.2) is 50.1 Å². The Balaban J connectivity index is 1.91. The van der Waals surface area contributed by atoms with E-state index < -0.39 is 11.6 Å². The van der Waals surface area contributed by atoms with Gasteiger partial charge in [0.05, 0.1) is 21.3 Å². The maximum absolute atomic E-state index is 12.6. The van der Waals surface area contributed by atoms with E-state index in [1.807, 2.05) is 6.07 Å². The average molecular weight is 449 g/mol. The molecule has 0 fully saturated rings. The first-order chi connectivity index (χ1) is 13.5. The van der Waals surface area contributed by atoms with Crippen LogP contribution in [0, 0.1) is 0 Å². The first-order valence-electron chi connectivity index (χ1n) is 8.16. The van der Waals surface area contributed by atoms with Gasteiger partial charge in [-0.25, -0.2) is 9.59 Å². The molecule has 0 spiro atoms. The summed E-state index contributed by atoms with van der Waals surface area (Å²) in [5.41, 5.74) is 0.582. The molecule has 28 heavy (non-hydrogen) atoms. The van der Waals surface area contributed by atoms with Gasteiger partial charge in [-0.2, -0.15) is 0 Å². The van der Waals surface area contributed by atoms with E-state index in [0.29, 0.717) is 28.0 Å². The highest BCUT2D eigenvalue weighted by molar-refractivity contribution is 9.10. The van der Waals surface area contributed by atoms with Crippen molar-refractivity contribution >= 4 is 32.9 Å². The van der Waals surface area contributed by atoms with Gasteiger partial charge in [-0.05, 0) is 18.2 Å². The summed E-state index contributed by atoms with van der Waals surface area (Å²) < 4.78 is 27.1. The summed E-state index contributed by atoms with van der Waals surface area (Å²) in [6.45, 7) is -0.111. The van der Waals surface area contributed by atoms with E-state index in [0.717, 1.165) is 4.47 Å². The molecule has 8 heteroatoms. The lowest BCUT2D eigenvalue weighted by Gasteiger charge is -2.14. The van der Waals surface area contributed by atoms with Crippen LogP contribution in [0.2, 0.25) is 0 Å². The van der Waals surface area contributed by atoms with Crippen LogP contribution in [0.3, 0.4) is 0 Å². The Morgan fingerprint density at radius 1 is 0.964 bits per heavy atom. The van der Waals surface area contributed by atoms with Gasteiger partial charge in [0, 0.05) is 33.6 Å². The monoisotopic (exact) mass is 448 g/mol. The fraction of sp³-hybridized carbons (Fsp3) is 0.200. The molecule has 0 unspecified atom stereocenters. The predicted octanol–water partition coefficient (Wildman–Crippen LogP) is 3.94. The lowest BCUT2D eigenvalue weighted by atomic mass is 10.1. The number of carbonyl (C=O) groups is 1. The highest BCUT2D eigenvalue weighted by Gasteiger charge is 2.19. The van der Waals surface area contributed by atoms with Crippen molar-refractivity contribution < 1.29 is 28.2 Å². The van der Waals surface area contributed by atoms with Gasteiger partial charge in [-0.1, -0.05) is 15.9 Å². The van der Waals surface area contributed by atoms with Crippen molar-refractivity contribution in [1.29, 1.82) is 0 Å². The lowest BCUT2D eigenvalue weighted by molar-refractivity contribution is 0.0469. The van der Waals surface area contributed by atoms with Crippen molar-refractivity contribution in [2.24, 2.45) is 0 Å². The molecule has 0 atom stereocenters. The van der Waals surface area contributed by atoms with Crippen LogP contribution in [0.1, 0.15) is 15.9 Å². The number of methoxy groups -OCH3 is 3. The molecule has 1 heterocycles. The topological polar surface area (TPSA) is 84.2 Å². The molecule has 0 saturated carbocycles. The quantitative estimate of drug-likeness (QED) is 0.417. The zero-order valence-electron chi connectivity index (χ0n) is 15.4. The number of hydrogen-bond donors (Lipinski definition) is 0. The molecular weight excluding hydrogens is 432 g/mol. The molecule has 0 aliphatic carbocycles. The van der Waals surface area contributed by atoms with Gasteiger partial charge in [-0.3, -0.25) is 0 Å². The Kier molecular flexibility index (Phi) is 5.89. The Morgan fingerprint density at radius 3 is 2.32 bits per heavy atom. The van der Waals surface area contributed by atoms with Crippen molar-refractivity contribution in [2.75, 3.05) is 21.3 Å². The second-order valence-corrected chi connectivity index (χ2v) is 6.63. The standard InChI is InChI=1S/C20H17BrO7/c1-24-15-9-18(26-3)17(25-2)8-14(15)20(23)27-10-11-6-19(22)28-16-7-12(21)4-5-13(11)16/h4-9H,10H2,1-3H3. The normalized spacial score (nSPS) is 10.6. The van der Waals surface area contributed by atoms with E-state index in [1.54, 1.807) is 18.2 Å². The third-order valence-electron chi connectivity index (χ3n) is 4.08. The molecule has 0 aliphatic rings. The third kappa shape index (κ3) is 3.96. The average Bonchev–Trinajstić information content (AvgIpc) is 2.70. The van der Waals surface area contributed by atoms with Crippen LogP contribution in [0.25, 0.3) is 11.0 Å². The van der Waals surface area contributed by atoms with Crippen LogP contribution in [0.5, 0.6) is 17.2 Å². The highest BCUT2D eigenvalue weighted by Crippen LogP contribution is 2.35. The molecule has 7 nitrogen and oxygen atoms in total. The van der Waals surface area contributed by atoms with Crippen molar-refractivity contribution in [3.05, 3.63) is 62.4 Å². The van der Waals surface area contributed by atoms with Crippen molar-refractivity contribution in [1.82, 2.24) is 0 Å². The summed E-state index contributed by atoms with van der Waals surface area (Å²) in [6.07, 6.45) is 0. The number of halogens is 1. The maximum atomic E-state index is 12.6. The number of esters is 1. The molecule has 0 radical (unpaired) electrons. The van der Waals surface area contributed by atoms with Crippen molar-refractivity contribution in [2.45, 2.75) is 6.61 Å². The smallest absolute Gasteiger partial charge is 0.342 e. The van der Waals surface area contributed by atoms with Crippen LogP contribution in [0.4, 0.5) is 0 Å². The summed E-state index contributed by atoms with van der Waals surface area (Å²) in [4.78, 5) is 24.4. The first-order valence-corrected chi connectivity index (χ1v) is 8.95. The minimum absolute atomic E-state index is 0.111. The number of rotatable bonds is 6. The van der Waals surface area contributed by atoms with E-state index in [-0.39, 0.29) is 17.9 Å². The fourth-order valence-electron chi connectivity index (χ4n) is 2.73. The summed E-state index contributed by atoms with van der Waals surface area (Å²) in [7, 11) is 4.39. The molecule has 1 aromatic heterocycles. The Morgan fingerprint density at radius 2 is 1.64 bits per heavy atom. The molecule has 0 N–H and O–H groups in total. The van der Waals surface area contributed by atoms with E-state index in [4.69, 9.17) is 23.4 Å². The molecule has 3 rings (SSSR count). The molecule has 2 aromatic carbocycles. The van der Waals surface area contributed by atoms with Crippen molar-refractivity contribution in [3.63, 3.8) is 0 Å². The van der Waals surface area contributed by atoms with Gasteiger partial charge in [-0.15, -0.1) is 0 Å². The fourth-order valence-corrected chi connectivity index (χ4v) is 3.07. The largest absolute Gasteiger partial charge is 0.496 e. The second-order valence-electron chi connectivity index (χ2n) is 5.71. The maximum Gasteiger partial charge on any atom is 0.342 e. The van der Waals surface area contributed by atoms with E-state index in [9.17, 15) is 9.59 Å². The first kappa shape index (κ1) is 19.8. The summed E-state index contributed by atoms with van der Waals surface area (Å²) in [5.74, 6) is 0.444. The van der Waals surface area contributed by atoms with Gasteiger partial charge >= 0.3 is 11.6 Å². The van der Waals surface area contributed by atoms with E-state index in [2.05, 4.69) is 15.9 Å². The highest BCUT2D eigenvalue weighted by atomic mass is 79.9. The SMILES string of the molecule is COc1cc(OC)c(C(=O)OCc2cc(=O)oc3cc(Br)ccc23)cc1OC. The molecule has 0 bridgehead atoms. The van der Waals surface area contributed by atoms with Gasteiger partial charge in [0.15, 0.2) is 11.5 Å². The molecule has 0 aliphatic heterocycles. The minimum atomic E-state index is -0.628. The van der Waals surface area contributed by atoms with Crippen molar-refractivity contribution in [3.8, 4) is 17.2 Å². The Hall–Kier alpha value is -3.00. The van der Waals surface area contributed by atoms with Gasteiger partial charge in [0.25, 0.3) is 0 Å². The summed E-state index contributed by atoms with van der Waals surface area (Å²) >= 11 is 3.33. The minimum Gasteiger partial charge on any atom is -0.496 e. The van der Waals surface area contributed by atoms with Crippen LogP contribution in [-0.4, -0.2) is 27.3 Å². The predicted molar refractivity (Wildman–Crippen MR) is 105 cm³/mol. The zero-order valence-corrected chi connectivity index (χ0v) is 17.0. The van der Waals surface area contributed by atoms with Crippen LogP contribution < -0.4 is 19.8 Å². The number of fused-ring (bicyclic) bond motifs is 1. The van der Waals surface area contributed by atoms with Gasteiger partial charge in [0.2, 0.25) is 0 Å². The van der Waals surface area contributed by atoms with E-state index in [1.165, 1.54) is 33.5 Å². The van der Waals surface area contributed by atoms with Gasteiger partial charge < -0.3 is 23.4 Å². The van der Waals surface area contributed by atoms with Gasteiger partial charge in [0.1, 0.15) is 23.5 Å². The third-order valence-corrected chi connectivity index (χ3v) is 4.57.